The molecule has 0 spiro atoms. The van der Waals surface area contributed by atoms with Gasteiger partial charge >= 0.3 is 0 Å². The summed E-state index contributed by atoms with van der Waals surface area (Å²) in [6.45, 7) is 3.96. The van der Waals surface area contributed by atoms with Crippen molar-refractivity contribution in [3.8, 4) is 17.2 Å². The highest BCUT2D eigenvalue weighted by Gasteiger charge is 2.46. The molecule has 1 atom stereocenters. The third-order valence-electron chi connectivity index (χ3n) is 6.14. The number of carbonyl (C=O) groups excluding carboxylic acids is 2. The molecule has 7 heteroatoms. The predicted molar refractivity (Wildman–Crippen MR) is 117 cm³/mol. The minimum Gasteiger partial charge on any atom is -0.507 e. The summed E-state index contributed by atoms with van der Waals surface area (Å²) >= 11 is 0. The number of aliphatic hydroxyl groups excluding tert-OH is 1. The molecule has 1 fully saturated rings. The van der Waals surface area contributed by atoms with Crippen LogP contribution in [-0.2, 0) is 16.0 Å². The smallest absolute Gasteiger partial charge is 0.295 e. The lowest BCUT2D eigenvalue weighted by atomic mass is 9.94. The number of hydrogen-bond donors (Lipinski definition) is 1. The number of rotatable bonds is 5. The van der Waals surface area contributed by atoms with Gasteiger partial charge in [0.15, 0.2) is 11.5 Å². The second-order valence-corrected chi connectivity index (χ2v) is 8.17. The number of ketones is 1. The monoisotopic (exact) mass is 435 g/mol. The molecule has 5 rings (SSSR count). The molecule has 166 valence electrons. The van der Waals surface area contributed by atoms with E-state index in [1.807, 2.05) is 19.1 Å². The van der Waals surface area contributed by atoms with Gasteiger partial charge in [0.05, 0.1) is 18.2 Å². The third kappa shape index (κ3) is 3.38. The molecule has 1 unspecified atom stereocenters. The molecule has 2 aromatic carbocycles. The molecule has 3 heterocycles. The third-order valence-corrected chi connectivity index (χ3v) is 6.14. The van der Waals surface area contributed by atoms with E-state index in [1.165, 1.54) is 0 Å². The van der Waals surface area contributed by atoms with E-state index < -0.39 is 17.7 Å². The summed E-state index contributed by atoms with van der Waals surface area (Å²) in [5.74, 6) is 0.554. The van der Waals surface area contributed by atoms with E-state index in [-0.39, 0.29) is 11.3 Å². The van der Waals surface area contributed by atoms with Crippen LogP contribution in [0.5, 0.6) is 17.2 Å². The maximum Gasteiger partial charge on any atom is 0.295 e. The molecule has 0 bridgehead atoms. The van der Waals surface area contributed by atoms with Gasteiger partial charge < -0.3 is 24.2 Å². The number of ether oxygens (including phenoxy) is 3. The molecule has 0 aromatic heterocycles. The number of amides is 1. The van der Waals surface area contributed by atoms with E-state index in [9.17, 15) is 14.7 Å². The maximum absolute atomic E-state index is 13.1. The van der Waals surface area contributed by atoms with Gasteiger partial charge in [-0.1, -0.05) is 19.4 Å². The van der Waals surface area contributed by atoms with E-state index in [0.29, 0.717) is 49.0 Å². The van der Waals surface area contributed by atoms with Crippen LogP contribution in [0, 0.1) is 0 Å². The van der Waals surface area contributed by atoms with Crippen LogP contribution in [0.25, 0.3) is 5.76 Å². The van der Waals surface area contributed by atoms with Gasteiger partial charge in [-0.3, -0.25) is 9.59 Å². The van der Waals surface area contributed by atoms with Gasteiger partial charge in [-0.15, -0.1) is 0 Å². The average Bonchev–Trinajstić information content (AvgIpc) is 3.39. The Morgan fingerprint density at radius 2 is 1.75 bits per heavy atom. The number of Topliss-reactive ketones (excluding diaryl/α,β-unsaturated/α-hetero) is 1. The zero-order chi connectivity index (χ0) is 22.2. The summed E-state index contributed by atoms with van der Waals surface area (Å²) in [5.41, 5.74) is 2.28. The Kier molecular flexibility index (Phi) is 5.25. The standard InChI is InChI=1S/C25H25NO6/c1-2-3-9-26-22(16-4-7-19-20(14-16)32-12-11-31-19)21(24(28)25(26)29)23(27)17-5-6-18-15(13-17)8-10-30-18/h4-7,13-14,22,27H,2-3,8-12H2,1H3/b23-21-. The molecule has 7 nitrogen and oxygen atoms in total. The molecule has 1 N–H and O–H groups in total. The number of hydrogen-bond acceptors (Lipinski definition) is 6. The number of likely N-dealkylation sites (tertiary alicyclic amines) is 1. The quantitative estimate of drug-likeness (QED) is 0.439. The second-order valence-electron chi connectivity index (χ2n) is 8.17. The van der Waals surface area contributed by atoms with Crippen LogP contribution in [0.2, 0.25) is 0 Å². The van der Waals surface area contributed by atoms with Crippen molar-refractivity contribution in [2.24, 2.45) is 0 Å². The first-order chi connectivity index (χ1) is 15.6. The van der Waals surface area contributed by atoms with Gasteiger partial charge in [0.1, 0.15) is 24.7 Å². The number of nitrogens with zero attached hydrogens (tertiary/aromatic N) is 1. The van der Waals surface area contributed by atoms with Crippen molar-refractivity contribution < 1.29 is 28.9 Å². The highest BCUT2D eigenvalue weighted by Crippen LogP contribution is 2.43. The molecule has 1 saturated heterocycles. The SMILES string of the molecule is CCCCN1C(=O)C(=O)/C(=C(\O)c2ccc3c(c2)CCO3)C1c1ccc2c(c1)OCCO2. The van der Waals surface area contributed by atoms with Crippen LogP contribution in [0.3, 0.4) is 0 Å². The lowest BCUT2D eigenvalue weighted by Gasteiger charge is -2.27. The van der Waals surface area contributed by atoms with Crippen LogP contribution in [0.15, 0.2) is 42.0 Å². The molecule has 0 radical (unpaired) electrons. The normalized spacial score (nSPS) is 20.9. The molecule has 0 aliphatic carbocycles. The predicted octanol–water partition coefficient (Wildman–Crippen LogP) is 3.61. The number of carbonyl (C=O) groups is 2. The van der Waals surface area contributed by atoms with Crippen LogP contribution in [-0.4, -0.2) is 48.1 Å². The van der Waals surface area contributed by atoms with Crippen molar-refractivity contribution in [1.29, 1.82) is 0 Å². The first-order valence-electron chi connectivity index (χ1n) is 11.0. The molecule has 2 aromatic rings. The van der Waals surface area contributed by atoms with Crippen molar-refractivity contribution in [3.05, 3.63) is 58.7 Å². The van der Waals surface area contributed by atoms with Gasteiger partial charge in [-0.2, -0.15) is 0 Å². The Bertz CT molecular complexity index is 1120. The Labute approximate surface area is 186 Å². The number of benzene rings is 2. The van der Waals surface area contributed by atoms with E-state index in [0.717, 1.165) is 30.6 Å². The Hall–Kier alpha value is -3.48. The van der Waals surface area contributed by atoms with Crippen molar-refractivity contribution in [3.63, 3.8) is 0 Å². The zero-order valence-electron chi connectivity index (χ0n) is 17.9. The van der Waals surface area contributed by atoms with Crippen molar-refractivity contribution in [1.82, 2.24) is 4.90 Å². The summed E-state index contributed by atoms with van der Waals surface area (Å²) < 4.78 is 16.9. The fraction of sp³-hybridized carbons (Fsp3) is 0.360. The summed E-state index contributed by atoms with van der Waals surface area (Å²) in [6.07, 6.45) is 2.37. The number of fused-ring (bicyclic) bond motifs is 2. The highest BCUT2D eigenvalue weighted by atomic mass is 16.6. The first kappa shape index (κ1) is 20.4. The molecule has 32 heavy (non-hydrogen) atoms. The van der Waals surface area contributed by atoms with E-state index in [2.05, 4.69) is 0 Å². The summed E-state index contributed by atoms with van der Waals surface area (Å²) in [6, 6.07) is 10.1. The number of aliphatic hydroxyl groups is 1. The Morgan fingerprint density at radius 3 is 2.56 bits per heavy atom. The molecule has 3 aliphatic rings. The number of unbranched alkanes of at least 4 members (excludes halogenated alkanes) is 1. The fourth-order valence-electron chi connectivity index (χ4n) is 4.51. The maximum atomic E-state index is 13.1. The van der Waals surface area contributed by atoms with Gasteiger partial charge in [-0.05, 0) is 47.9 Å². The fourth-order valence-corrected chi connectivity index (χ4v) is 4.51. The second kappa shape index (κ2) is 8.22. The molecule has 3 aliphatic heterocycles. The van der Waals surface area contributed by atoms with Gasteiger partial charge in [0.25, 0.3) is 11.7 Å². The first-order valence-corrected chi connectivity index (χ1v) is 11.0. The largest absolute Gasteiger partial charge is 0.507 e. The van der Waals surface area contributed by atoms with Crippen molar-refractivity contribution >= 4 is 17.4 Å². The van der Waals surface area contributed by atoms with Crippen LogP contribution >= 0.6 is 0 Å². The van der Waals surface area contributed by atoms with E-state index in [1.54, 1.807) is 29.2 Å². The van der Waals surface area contributed by atoms with Crippen LogP contribution in [0.1, 0.15) is 42.5 Å². The van der Waals surface area contributed by atoms with Gasteiger partial charge in [0.2, 0.25) is 0 Å². The Morgan fingerprint density at radius 1 is 1.00 bits per heavy atom. The average molecular weight is 435 g/mol. The summed E-state index contributed by atoms with van der Waals surface area (Å²) in [5, 5.41) is 11.2. The van der Waals surface area contributed by atoms with E-state index in [4.69, 9.17) is 14.2 Å². The zero-order valence-corrected chi connectivity index (χ0v) is 17.9. The lowest BCUT2D eigenvalue weighted by molar-refractivity contribution is -0.139. The highest BCUT2D eigenvalue weighted by molar-refractivity contribution is 6.46. The lowest BCUT2D eigenvalue weighted by Crippen LogP contribution is -2.30. The molecular weight excluding hydrogens is 410 g/mol. The van der Waals surface area contributed by atoms with Gasteiger partial charge in [0, 0.05) is 18.5 Å². The van der Waals surface area contributed by atoms with E-state index >= 15 is 0 Å². The minimum atomic E-state index is -0.693. The van der Waals surface area contributed by atoms with Crippen molar-refractivity contribution in [2.45, 2.75) is 32.2 Å². The van der Waals surface area contributed by atoms with Crippen LogP contribution in [0.4, 0.5) is 0 Å². The summed E-state index contributed by atoms with van der Waals surface area (Å²) in [7, 11) is 0. The molecular formula is C25H25NO6. The minimum absolute atomic E-state index is 0.0987. The van der Waals surface area contributed by atoms with Crippen molar-refractivity contribution in [2.75, 3.05) is 26.4 Å². The summed E-state index contributed by atoms with van der Waals surface area (Å²) in [4.78, 5) is 27.6. The molecule has 0 saturated carbocycles. The van der Waals surface area contributed by atoms with Gasteiger partial charge in [-0.25, -0.2) is 0 Å². The van der Waals surface area contributed by atoms with Crippen LogP contribution < -0.4 is 14.2 Å². The molecule has 1 amide bonds. The Balaban J connectivity index is 1.63. The topological polar surface area (TPSA) is 85.3 Å².